The molecule has 8 nitrogen and oxygen atoms in total. The van der Waals surface area contributed by atoms with Crippen molar-refractivity contribution in [2.75, 3.05) is 12.8 Å². The van der Waals surface area contributed by atoms with E-state index in [0.29, 0.717) is 33.3 Å². The largest absolute Gasteiger partial charge is 0.383 e. The SMILES string of the molecule is CNC(O)c1ccc2c(Cl)c(-c3nn(C)c4ncnc(N)c34)[nH]c2c1. The van der Waals surface area contributed by atoms with Crippen LogP contribution in [0.25, 0.3) is 33.3 Å². The highest BCUT2D eigenvalue weighted by molar-refractivity contribution is 6.38. The maximum absolute atomic E-state index is 9.96. The number of nitrogens with zero attached hydrogens (tertiary/aromatic N) is 4. The Hall–Kier alpha value is -2.68. The first-order valence-electron chi connectivity index (χ1n) is 7.61. The van der Waals surface area contributed by atoms with Gasteiger partial charge in [-0.3, -0.25) is 5.32 Å². The van der Waals surface area contributed by atoms with Crippen LogP contribution in [0.1, 0.15) is 11.8 Å². The van der Waals surface area contributed by atoms with Gasteiger partial charge in [-0.05, 0) is 18.7 Å². The average Bonchev–Trinajstić information content (AvgIpc) is 3.12. The Labute approximate surface area is 147 Å². The Morgan fingerprint density at radius 2 is 2.16 bits per heavy atom. The van der Waals surface area contributed by atoms with Crippen molar-refractivity contribution in [3.8, 4) is 11.4 Å². The van der Waals surface area contributed by atoms with Gasteiger partial charge in [-0.2, -0.15) is 5.10 Å². The third kappa shape index (κ3) is 2.34. The van der Waals surface area contributed by atoms with Crippen molar-refractivity contribution in [3.63, 3.8) is 0 Å². The number of aliphatic hydroxyl groups excluding tert-OH is 1. The van der Waals surface area contributed by atoms with Crippen LogP contribution in [0.15, 0.2) is 24.5 Å². The molecule has 0 aliphatic rings. The zero-order chi connectivity index (χ0) is 17.7. The molecule has 5 N–H and O–H groups in total. The molecule has 4 rings (SSSR count). The number of anilines is 1. The van der Waals surface area contributed by atoms with E-state index in [-0.39, 0.29) is 0 Å². The molecule has 0 saturated carbocycles. The highest BCUT2D eigenvalue weighted by atomic mass is 35.5. The second-order valence-corrected chi connectivity index (χ2v) is 6.12. The number of hydrogen-bond acceptors (Lipinski definition) is 6. The molecular formula is C16H16ClN7O. The minimum Gasteiger partial charge on any atom is -0.383 e. The van der Waals surface area contributed by atoms with Crippen molar-refractivity contribution in [2.24, 2.45) is 7.05 Å². The summed E-state index contributed by atoms with van der Waals surface area (Å²) in [5.41, 5.74) is 9.41. The standard InChI is InChI=1S/C16H16ClN7O/c1-19-16(25)7-3-4-8-9(5-7)22-13(11(8)17)12-10-14(18)20-6-21-15(10)24(2)23-12/h3-6,16,19,22,25H,1-2H3,(H2,18,20,21). The molecule has 0 radical (unpaired) electrons. The molecule has 9 heteroatoms. The average molecular weight is 358 g/mol. The molecule has 0 aliphatic heterocycles. The Kier molecular flexibility index (Phi) is 3.60. The van der Waals surface area contributed by atoms with Crippen LogP contribution in [0.2, 0.25) is 5.02 Å². The second kappa shape index (κ2) is 5.69. The van der Waals surface area contributed by atoms with Gasteiger partial charge >= 0.3 is 0 Å². The smallest absolute Gasteiger partial charge is 0.163 e. The number of aromatic nitrogens is 5. The number of rotatable bonds is 3. The predicted octanol–water partition coefficient (Wildman–Crippen LogP) is 1.96. The fourth-order valence-electron chi connectivity index (χ4n) is 2.97. The number of aryl methyl sites for hydroxylation is 1. The number of halogens is 1. The van der Waals surface area contributed by atoms with E-state index in [0.717, 1.165) is 16.5 Å². The number of hydrogen-bond donors (Lipinski definition) is 4. The van der Waals surface area contributed by atoms with E-state index < -0.39 is 6.23 Å². The van der Waals surface area contributed by atoms with Crippen molar-refractivity contribution in [2.45, 2.75) is 6.23 Å². The van der Waals surface area contributed by atoms with Crippen LogP contribution >= 0.6 is 11.6 Å². The zero-order valence-corrected chi connectivity index (χ0v) is 14.3. The predicted molar refractivity (Wildman–Crippen MR) is 97.0 cm³/mol. The molecule has 25 heavy (non-hydrogen) atoms. The van der Waals surface area contributed by atoms with Crippen LogP contribution < -0.4 is 11.1 Å². The second-order valence-electron chi connectivity index (χ2n) is 5.74. The van der Waals surface area contributed by atoms with Gasteiger partial charge in [0.2, 0.25) is 0 Å². The molecule has 3 aromatic heterocycles. The highest BCUT2D eigenvalue weighted by Crippen LogP contribution is 2.38. The van der Waals surface area contributed by atoms with E-state index in [4.69, 9.17) is 17.3 Å². The van der Waals surface area contributed by atoms with Gasteiger partial charge in [-0.1, -0.05) is 23.7 Å². The Morgan fingerprint density at radius 3 is 2.92 bits per heavy atom. The van der Waals surface area contributed by atoms with E-state index in [1.165, 1.54) is 6.33 Å². The minimum atomic E-state index is -0.755. The van der Waals surface area contributed by atoms with Crippen LogP contribution in [0.4, 0.5) is 5.82 Å². The van der Waals surface area contributed by atoms with Crippen LogP contribution in [0.5, 0.6) is 0 Å². The summed E-state index contributed by atoms with van der Waals surface area (Å²) in [6, 6.07) is 5.52. The molecule has 0 spiro atoms. The van der Waals surface area contributed by atoms with Gasteiger partial charge in [0.1, 0.15) is 24.1 Å². The summed E-state index contributed by atoms with van der Waals surface area (Å²) in [6.45, 7) is 0. The Morgan fingerprint density at radius 1 is 1.36 bits per heavy atom. The van der Waals surface area contributed by atoms with Crippen molar-refractivity contribution in [3.05, 3.63) is 35.1 Å². The van der Waals surface area contributed by atoms with Gasteiger partial charge in [0.25, 0.3) is 0 Å². The molecule has 0 saturated heterocycles. The number of nitrogens with two attached hydrogens (primary N) is 1. The number of aromatic amines is 1. The van der Waals surface area contributed by atoms with Gasteiger partial charge in [0.05, 0.1) is 16.1 Å². The third-order valence-electron chi connectivity index (χ3n) is 4.24. The first-order valence-corrected chi connectivity index (χ1v) is 7.99. The lowest BCUT2D eigenvalue weighted by molar-refractivity contribution is 0.149. The number of nitrogen functional groups attached to an aromatic ring is 1. The monoisotopic (exact) mass is 357 g/mol. The quantitative estimate of drug-likeness (QED) is 0.416. The fourth-order valence-corrected chi connectivity index (χ4v) is 3.27. The zero-order valence-electron chi connectivity index (χ0n) is 13.6. The first kappa shape index (κ1) is 15.8. The molecule has 1 unspecified atom stereocenters. The lowest BCUT2D eigenvalue weighted by Crippen LogP contribution is -2.14. The summed E-state index contributed by atoms with van der Waals surface area (Å²) < 4.78 is 1.64. The molecule has 0 bridgehead atoms. The number of fused-ring (bicyclic) bond motifs is 2. The maximum Gasteiger partial charge on any atom is 0.163 e. The topological polar surface area (TPSA) is 118 Å². The summed E-state index contributed by atoms with van der Waals surface area (Å²) >= 11 is 6.58. The van der Waals surface area contributed by atoms with Gasteiger partial charge in [-0.25, -0.2) is 14.6 Å². The van der Waals surface area contributed by atoms with Crippen LogP contribution in [-0.2, 0) is 7.05 Å². The van der Waals surface area contributed by atoms with E-state index >= 15 is 0 Å². The molecule has 0 fully saturated rings. The molecular weight excluding hydrogens is 342 g/mol. The first-order chi connectivity index (χ1) is 12.0. The molecule has 128 valence electrons. The third-order valence-corrected chi connectivity index (χ3v) is 4.63. The summed E-state index contributed by atoms with van der Waals surface area (Å²) in [4.78, 5) is 11.6. The number of H-pyrrole nitrogens is 1. The van der Waals surface area contributed by atoms with Gasteiger partial charge in [0, 0.05) is 18.0 Å². The van der Waals surface area contributed by atoms with Crippen molar-refractivity contribution < 1.29 is 5.11 Å². The normalized spacial score (nSPS) is 13.0. The Bertz CT molecular complexity index is 1100. The Balaban J connectivity index is 1.97. The van der Waals surface area contributed by atoms with Gasteiger partial charge in [-0.15, -0.1) is 0 Å². The molecule has 1 atom stereocenters. The highest BCUT2D eigenvalue weighted by Gasteiger charge is 2.21. The van der Waals surface area contributed by atoms with Crippen molar-refractivity contribution in [1.29, 1.82) is 0 Å². The molecule has 3 heterocycles. The van der Waals surface area contributed by atoms with E-state index in [1.807, 2.05) is 18.2 Å². The van der Waals surface area contributed by atoms with Gasteiger partial charge in [0.15, 0.2) is 5.65 Å². The lowest BCUT2D eigenvalue weighted by Gasteiger charge is -2.08. The summed E-state index contributed by atoms with van der Waals surface area (Å²) in [6.07, 6.45) is 0.649. The van der Waals surface area contributed by atoms with E-state index in [1.54, 1.807) is 18.8 Å². The van der Waals surface area contributed by atoms with Crippen LogP contribution in [0.3, 0.4) is 0 Å². The molecule has 4 aromatic rings. The molecule has 0 amide bonds. The summed E-state index contributed by atoms with van der Waals surface area (Å²) in [5.74, 6) is 0.342. The van der Waals surface area contributed by atoms with E-state index in [2.05, 4.69) is 25.4 Å². The number of nitrogens with one attached hydrogen (secondary N) is 2. The summed E-state index contributed by atoms with van der Waals surface area (Å²) in [7, 11) is 3.47. The lowest BCUT2D eigenvalue weighted by atomic mass is 10.1. The number of benzene rings is 1. The van der Waals surface area contributed by atoms with Crippen LogP contribution in [-0.4, -0.2) is 36.9 Å². The number of aliphatic hydroxyl groups is 1. The van der Waals surface area contributed by atoms with Gasteiger partial charge < -0.3 is 15.8 Å². The summed E-state index contributed by atoms with van der Waals surface area (Å²) in [5, 5.41) is 19.3. The van der Waals surface area contributed by atoms with Crippen LogP contribution in [0, 0.1) is 0 Å². The minimum absolute atomic E-state index is 0.342. The van der Waals surface area contributed by atoms with Crippen molar-refractivity contribution in [1.82, 2.24) is 30.0 Å². The van der Waals surface area contributed by atoms with Crippen molar-refractivity contribution >= 4 is 39.4 Å². The fraction of sp³-hybridized carbons (Fsp3) is 0.188. The molecule has 1 aromatic carbocycles. The van der Waals surface area contributed by atoms with E-state index in [9.17, 15) is 5.11 Å². The molecule has 0 aliphatic carbocycles. The maximum atomic E-state index is 9.96.